The van der Waals surface area contributed by atoms with Gasteiger partial charge in [-0.1, -0.05) is 12.1 Å². The van der Waals surface area contributed by atoms with Crippen LogP contribution in [0, 0.1) is 5.82 Å². The number of hydrogen-bond acceptors (Lipinski definition) is 2. The van der Waals surface area contributed by atoms with Crippen molar-refractivity contribution in [1.82, 2.24) is 0 Å². The smallest absolute Gasteiger partial charge is 0.173 e. The molecule has 0 N–H and O–H groups in total. The lowest BCUT2D eigenvalue weighted by Gasteiger charge is -2.19. The second-order valence-electron chi connectivity index (χ2n) is 3.24. The van der Waals surface area contributed by atoms with Gasteiger partial charge in [-0.05, 0) is 24.3 Å². The van der Waals surface area contributed by atoms with Gasteiger partial charge < -0.3 is 9.47 Å². The Morgan fingerprint density at radius 3 is 2.07 bits per heavy atom. The van der Waals surface area contributed by atoms with E-state index < -0.39 is 0 Å². The van der Waals surface area contributed by atoms with Crippen LogP contribution in [-0.2, 0) is 0 Å². The molecule has 0 unspecified atom stereocenters. The molecule has 0 fully saturated rings. The molecule has 0 radical (unpaired) electrons. The lowest BCUT2D eigenvalue weighted by Crippen LogP contribution is -1.98. The van der Waals surface area contributed by atoms with Crippen LogP contribution in [0.15, 0.2) is 42.5 Å². The molecule has 0 saturated heterocycles. The van der Waals surface area contributed by atoms with Crippen LogP contribution in [0.3, 0.4) is 0 Å². The topological polar surface area (TPSA) is 18.5 Å². The average molecular weight is 202 g/mol. The summed E-state index contributed by atoms with van der Waals surface area (Å²) in [6.07, 6.45) is 0. The number of hydrogen-bond donors (Lipinski definition) is 0. The van der Waals surface area contributed by atoms with Crippen molar-refractivity contribution in [3.8, 4) is 23.0 Å². The van der Waals surface area contributed by atoms with Crippen LogP contribution in [0.25, 0.3) is 0 Å². The molecule has 1 heterocycles. The van der Waals surface area contributed by atoms with Gasteiger partial charge in [0.2, 0.25) is 0 Å². The highest BCUT2D eigenvalue weighted by Gasteiger charge is 2.17. The summed E-state index contributed by atoms with van der Waals surface area (Å²) >= 11 is 0. The van der Waals surface area contributed by atoms with E-state index in [9.17, 15) is 4.39 Å². The van der Waals surface area contributed by atoms with Crippen LogP contribution >= 0.6 is 0 Å². The first-order chi connectivity index (χ1) is 7.33. The molecular weight excluding hydrogens is 195 g/mol. The first kappa shape index (κ1) is 8.29. The Balaban J connectivity index is 2.11. The molecule has 0 amide bonds. The third-order valence-electron chi connectivity index (χ3n) is 2.19. The standard InChI is InChI=1S/C12H7FO2/c13-8-5-6-11-12(7-8)15-10-4-2-1-3-9(10)14-11/h1-7H. The molecule has 3 heteroatoms. The molecule has 1 aliphatic heterocycles. The molecule has 0 saturated carbocycles. The third-order valence-corrected chi connectivity index (χ3v) is 2.19. The number of rotatable bonds is 0. The van der Waals surface area contributed by atoms with Crippen molar-refractivity contribution in [3.05, 3.63) is 48.3 Å². The van der Waals surface area contributed by atoms with E-state index >= 15 is 0 Å². The van der Waals surface area contributed by atoms with E-state index in [2.05, 4.69) is 0 Å². The Morgan fingerprint density at radius 1 is 0.733 bits per heavy atom. The summed E-state index contributed by atoms with van der Waals surface area (Å²) in [5.74, 6) is 1.87. The number of halogens is 1. The van der Waals surface area contributed by atoms with E-state index in [1.165, 1.54) is 12.1 Å². The summed E-state index contributed by atoms with van der Waals surface area (Å²) in [5, 5.41) is 0. The molecule has 2 nitrogen and oxygen atoms in total. The number of fused-ring (bicyclic) bond motifs is 2. The van der Waals surface area contributed by atoms with Crippen molar-refractivity contribution in [1.29, 1.82) is 0 Å². The Bertz CT molecular complexity index is 523. The van der Waals surface area contributed by atoms with Crippen molar-refractivity contribution in [2.45, 2.75) is 0 Å². The molecule has 1 aliphatic rings. The molecular formula is C12H7FO2. The minimum absolute atomic E-state index is 0.336. The molecule has 0 aromatic heterocycles. The van der Waals surface area contributed by atoms with E-state index in [0.29, 0.717) is 23.0 Å². The zero-order chi connectivity index (χ0) is 10.3. The fourth-order valence-electron chi connectivity index (χ4n) is 1.50. The summed E-state index contributed by atoms with van der Waals surface area (Å²) in [6.45, 7) is 0. The Hall–Kier alpha value is -2.03. The highest BCUT2D eigenvalue weighted by Crippen LogP contribution is 2.44. The second-order valence-corrected chi connectivity index (χ2v) is 3.24. The van der Waals surface area contributed by atoms with E-state index in [0.717, 1.165) is 0 Å². The molecule has 2 aromatic carbocycles. The Morgan fingerprint density at radius 2 is 1.33 bits per heavy atom. The largest absolute Gasteiger partial charge is 0.450 e. The number of para-hydroxylation sites is 2. The third kappa shape index (κ3) is 1.32. The van der Waals surface area contributed by atoms with Gasteiger partial charge in [-0.3, -0.25) is 0 Å². The van der Waals surface area contributed by atoms with Crippen LogP contribution in [0.4, 0.5) is 4.39 Å². The lowest BCUT2D eigenvalue weighted by atomic mass is 10.2. The molecule has 0 atom stereocenters. The average Bonchev–Trinajstić information content (AvgIpc) is 2.26. The first-order valence-electron chi connectivity index (χ1n) is 4.57. The predicted molar refractivity (Wildman–Crippen MR) is 53.0 cm³/mol. The van der Waals surface area contributed by atoms with Crippen LogP contribution in [-0.4, -0.2) is 0 Å². The molecule has 0 bridgehead atoms. The molecule has 2 aromatic rings. The summed E-state index contributed by atoms with van der Waals surface area (Å²) in [7, 11) is 0. The molecule has 0 spiro atoms. The van der Waals surface area contributed by atoms with Crippen molar-refractivity contribution < 1.29 is 13.9 Å². The van der Waals surface area contributed by atoms with Gasteiger partial charge in [0.05, 0.1) is 0 Å². The summed E-state index contributed by atoms with van der Waals surface area (Å²) < 4.78 is 24.0. The fourth-order valence-corrected chi connectivity index (χ4v) is 1.50. The Kier molecular flexibility index (Phi) is 1.65. The quantitative estimate of drug-likeness (QED) is 0.553. The van der Waals surface area contributed by atoms with Crippen LogP contribution in [0.1, 0.15) is 0 Å². The minimum atomic E-state index is -0.336. The lowest BCUT2D eigenvalue weighted by molar-refractivity contribution is 0.357. The molecule has 74 valence electrons. The highest BCUT2D eigenvalue weighted by atomic mass is 19.1. The van der Waals surface area contributed by atoms with Gasteiger partial charge in [-0.25, -0.2) is 4.39 Å². The van der Waals surface area contributed by atoms with E-state index in [-0.39, 0.29) is 5.82 Å². The van der Waals surface area contributed by atoms with E-state index in [1.54, 1.807) is 12.1 Å². The van der Waals surface area contributed by atoms with Crippen molar-refractivity contribution in [3.63, 3.8) is 0 Å². The van der Waals surface area contributed by atoms with Gasteiger partial charge in [0.15, 0.2) is 23.0 Å². The normalized spacial score (nSPS) is 12.1. The predicted octanol–water partition coefficient (Wildman–Crippen LogP) is 3.72. The fraction of sp³-hybridized carbons (Fsp3) is 0. The monoisotopic (exact) mass is 202 g/mol. The summed E-state index contributed by atoms with van der Waals surface area (Å²) in [4.78, 5) is 0. The maximum absolute atomic E-state index is 12.9. The van der Waals surface area contributed by atoms with Gasteiger partial charge in [-0.2, -0.15) is 0 Å². The number of benzene rings is 2. The zero-order valence-corrected chi connectivity index (χ0v) is 7.74. The molecule has 0 aliphatic carbocycles. The maximum Gasteiger partial charge on any atom is 0.173 e. The van der Waals surface area contributed by atoms with Gasteiger partial charge in [-0.15, -0.1) is 0 Å². The van der Waals surface area contributed by atoms with E-state index in [4.69, 9.17) is 9.47 Å². The van der Waals surface area contributed by atoms with Gasteiger partial charge in [0.1, 0.15) is 5.82 Å². The van der Waals surface area contributed by atoms with E-state index in [1.807, 2.05) is 18.2 Å². The minimum Gasteiger partial charge on any atom is -0.450 e. The second kappa shape index (κ2) is 2.98. The van der Waals surface area contributed by atoms with Crippen LogP contribution < -0.4 is 9.47 Å². The van der Waals surface area contributed by atoms with Crippen molar-refractivity contribution in [2.75, 3.05) is 0 Å². The zero-order valence-electron chi connectivity index (χ0n) is 7.74. The van der Waals surface area contributed by atoms with Crippen molar-refractivity contribution in [2.24, 2.45) is 0 Å². The van der Waals surface area contributed by atoms with Gasteiger partial charge in [0.25, 0.3) is 0 Å². The first-order valence-corrected chi connectivity index (χ1v) is 4.57. The summed E-state index contributed by atoms with van der Waals surface area (Å²) in [6, 6.07) is 11.5. The number of ether oxygens (including phenoxy) is 2. The Labute approximate surface area is 85.9 Å². The highest BCUT2D eigenvalue weighted by molar-refractivity contribution is 5.54. The molecule has 3 rings (SSSR count). The summed E-state index contributed by atoms with van der Waals surface area (Å²) in [5.41, 5.74) is 0. The maximum atomic E-state index is 12.9. The van der Waals surface area contributed by atoms with Crippen LogP contribution in [0.5, 0.6) is 23.0 Å². The van der Waals surface area contributed by atoms with Gasteiger partial charge in [0, 0.05) is 6.07 Å². The van der Waals surface area contributed by atoms with Gasteiger partial charge >= 0.3 is 0 Å². The van der Waals surface area contributed by atoms with Crippen LogP contribution in [0.2, 0.25) is 0 Å². The van der Waals surface area contributed by atoms with Crippen molar-refractivity contribution >= 4 is 0 Å². The SMILES string of the molecule is Fc1ccc2c(c1)Oc1ccccc1O2. The molecule has 15 heavy (non-hydrogen) atoms.